The van der Waals surface area contributed by atoms with E-state index in [1.165, 1.54) is 24.4 Å². The van der Waals surface area contributed by atoms with Crippen molar-refractivity contribution in [1.82, 2.24) is 14.3 Å². The predicted octanol–water partition coefficient (Wildman–Crippen LogP) is 3.23. The third kappa shape index (κ3) is 4.70. The molecule has 13 heteroatoms. The smallest absolute Gasteiger partial charge is 0.333 e. The number of benzene rings is 1. The summed E-state index contributed by atoms with van der Waals surface area (Å²) in [5.41, 5.74) is 0.418. The quantitative estimate of drug-likeness (QED) is 0.316. The molecule has 0 aliphatic rings. The minimum atomic E-state index is -4.24. The van der Waals surface area contributed by atoms with E-state index in [2.05, 4.69) is 15.6 Å². The second-order valence-electron chi connectivity index (χ2n) is 7.00. The molecule has 0 atom stereocenters. The van der Waals surface area contributed by atoms with Gasteiger partial charge in [-0.3, -0.25) is 4.79 Å². The van der Waals surface area contributed by atoms with E-state index in [9.17, 15) is 27.5 Å². The van der Waals surface area contributed by atoms with E-state index in [0.717, 1.165) is 22.4 Å². The Balaban J connectivity index is 1.55. The number of pyridine rings is 2. The summed E-state index contributed by atoms with van der Waals surface area (Å²) in [4.78, 5) is 28.8. The topological polar surface area (TPSA) is 142 Å². The molecule has 0 aliphatic carbocycles. The third-order valence-electron chi connectivity index (χ3n) is 4.66. The van der Waals surface area contributed by atoms with Gasteiger partial charge in [-0.1, -0.05) is 11.3 Å². The largest absolute Gasteiger partial charge is 0.494 e. The molecular weight excluding hydrogens is 485 g/mol. The summed E-state index contributed by atoms with van der Waals surface area (Å²) in [5.74, 6) is -0.210. The summed E-state index contributed by atoms with van der Waals surface area (Å²) in [6.45, 7) is 2.65. The van der Waals surface area contributed by atoms with Crippen molar-refractivity contribution in [2.24, 2.45) is 0 Å². The number of rotatable bonds is 6. The average Bonchev–Trinajstić information content (AvgIpc) is 3.22. The summed E-state index contributed by atoms with van der Waals surface area (Å²) in [7, 11) is -4.24. The molecule has 0 saturated carbocycles. The fourth-order valence-corrected chi connectivity index (χ4v) is 5.12. The van der Waals surface area contributed by atoms with Gasteiger partial charge >= 0.3 is 6.03 Å². The zero-order chi connectivity index (χ0) is 24.5. The van der Waals surface area contributed by atoms with Crippen molar-refractivity contribution in [2.45, 2.75) is 11.1 Å². The monoisotopic (exact) mass is 503 g/mol. The summed E-state index contributed by atoms with van der Waals surface area (Å²) in [5, 5.41) is 16.4. The normalized spacial score (nSPS) is 11.4. The van der Waals surface area contributed by atoms with Gasteiger partial charge in [0.1, 0.15) is 10.0 Å². The first-order valence-corrected chi connectivity index (χ1v) is 12.2. The van der Waals surface area contributed by atoms with Crippen LogP contribution in [0.1, 0.15) is 6.92 Å². The van der Waals surface area contributed by atoms with Crippen molar-refractivity contribution < 1.29 is 22.7 Å². The Bertz CT molecular complexity index is 1550. The third-order valence-corrected chi connectivity index (χ3v) is 7.36. The summed E-state index contributed by atoms with van der Waals surface area (Å²) in [6, 6.07) is 10.3. The number of carbonyl (C=O) groups is 1. The molecule has 0 spiro atoms. The number of halogens is 1. The van der Waals surface area contributed by atoms with Gasteiger partial charge < -0.3 is 15.7 Å². The van der Waals surface area contributed by atoms with Crippen molar-refractivity contribution in [2.75, 3.05) is 17.2 Å². The number of aromatic nitrogens is 2. The maximum atomic E-state index is 13.1. The summed E-state index contributed by atoms with van der Waals surface area (Å²) >= 11 is 0.380. The minimum Gasteiger partial charge on any atom is -0.494 e. The molecule has 3 aromatic heterocycles. The summed E-state index contributed by atoms with van der Waals surface area (Å²) < 4.78 is 39.7. The van der Waals surface area contributed by atoms with E-state index in [1.54, 1.807) is 22.9 Å². The molecule has 176 valence electrons. The molecule has 10 nitrogen and oxygen atoms in total. The Hall–Kier alpha value is -3.97. The molecule has 2 amide bonds. The zero-order valence-corrected chi connectivity index (χ0v) is 19.2. The van der Waals surface area contributed by atoms with Crippen LogP contribution in [0.25, 0.3) is 16.6 Å². The van der Waals surface area contributed by atoms with Gasteiger partial charge in [0.2, 0.25) is 5.88 Å². The highest BCUT2D eigenvalue weighted by Gasteiger charge is 2.20. The number of urea groups is 1. The zero-order valence-electron chi connectivity index (χ0n) is 17.6. The molecule has 1 aromatic carbocycles. The highest BCUT2D eigenvalue weighted by atomic mass is 32.2. The first kappa shape index (κ1) is 23.2. The van der Waals surface area contributed by atoms with Crippen LogP contribution in [-0.4, -0.2) is 35.7 Å². The van der Waals surface area contributed by atoms with Crippen molar-refractivity contribution in [3.8, 4) is 11.7 Å². The first-order chi connectivity index (χ1) is 16.2. The molecule has 34 heavy (non-hydrogen) atoms. The lowest BCUT2D eigenvalue weighted by Crippen LogP contribution is -2.34. The number of hydrogen-bond donors (Lipinski definition) is 4. The molecule has 0 aliphatic heterocycles. The Labute approximate surface area is 196 Å². The molecule has 4 N–H and O–H groups in total. The molecule has 0 fully saturated rings. The van der Waals surface area contributed by atoms with Gasteiger partial charge in [0.05, 0.1) is 11.9 Å². The van der Waals surface area contributed by atoms with E-state index < -0.39 is 26.7 Å². The van der Waals surface area contributed by atoms with Crippen LogP contribution in [-0.2, 0) is 10.0 Å². The number of thiophene rings is 1. The lowest BCUT2D eigenvalue weighted by Gasteiger charge is -2.12. The van der Waals surface area contributed by atoms with Gasteiger partial charge in [0.15, 0.2) is 5.13 Å². The number of anilines is 2. The van der Waals surface area contributed by atoms with Crippen LogP contribution in [0.2, 0.25) is 0 Å². The van der Waals surface area contributed by atoms with Crippen LogP contribution in [0.15, 0.2) is 63.7 Å². The number of hydrogen-bond acceptors (Lipinski definition) is 8. The van der Waals surface area contributed by atoms with Crippen LogP contribution in [0.5, 0.6) is 5.88 Å². The number of aromatic hydroxyl groups is 1. The van der Waals surface area contributed by atoms with Gasteiger partial charge in [0, 0.05) is 23.7 Å². The van der Waals surface area contributed by atoms with Gasteiger partial charge in [-0.25, -0.2) is 27.5 Å². The van der Waals surface area contributed by atoms with Crippen molar-refractivity contribution >= 4 is 49.5 Å². The number of nitrogens with one attached hydrogen (secondary N) is 3. The van der Waals surface area contributed by atoms with Gasteiger partial charge in [-0.05, 0) is 54.8 Å². The van der Waals surface area contributed by atoms with E-state index in [4.69, 9.17) is 0 Å². The highest BCUT2D eigenvalue weighted by Crippen LogP contribution is 2.27. The molecule has 0 radical (unpaired) electrons. The van der Waals surface area contributed by atoms with Gasteiger partial charge in [-0.2, -0.15) is 4.39 Å². The van der Waals surface area contributed by atoms with Crippen molar-refractivity contribution in [3.63, 3.8) is 0 Å². The fraction of sp³-hybridized carbons (Fsp3) is 0.0952. The highest BCUT2D eigenvalue weighted by molar-refractivity contribution is 7.92. The molecule has 3 heterocycles. The maximum absolute atomic E-state index is 13.1. The van der Waals surface area contributed by atoms with Crippen LogP contribution in [0.3, 0.4) is 0 Å². The minimum absolute atomic E-state index is 0.0906. The van der Waals surface area contributed by atoms with Crippen molar-refractivity contribution in [1.29, 1.82) is 0 Å². The van der Waals surface area contributed by atoms with E-state index in [1.807, 2.05) is 6.92 Å². The Morgan fingerprint density at radius 2 is 1.91 bits per heavy atom. The SMILES string of the molecule is CCNc1ccc2c(O)n(-c3ccc(NC(=O)NS(=O)(=O)c4ccc(F)s4)cn3)c(=O)cc2c1. The first-order valence-electron chi connectivity index (χ1n) is 9.86. The molecule has 0 bridgehead atoms. The molecular formula is C21H18FN5O5S2. The van der Waals surface area contributed by atoms with Crippen LogP contribution in [0, 0.1) is 5.13 Å². The van der Waals surface area contributed by atoms with Crippen LogP contribution in [0.4, 0.5) is 20.6 Å². The molecule has 4 rings (SSSR count). The Morgan fingerprint density at radius 3 is 2.56 bits per heavy atom. The van der Waals surface area contributed by atoms with E-state index in [-0.39, 0.29) is 21.6 Å². The summed E-state index contributed by atoms with van der Waals surface area (Å²) in [6.07, 6.45) is 1.19. The molecule has 4 aromatic rings. The number of nitrogens with zero attached hydrogens (tertiary/aromatic N) is 2. The molecule has 0 unspecified atom stereocenters. The Morgan fingerprint density at radius 1 is 1.15 bits per heavy atom. The average molecular weight is 504 g/mol. The number of fused-ring (bicyclic) bond motifs is 1. The standard InChI is InChI=1S/C21H18FN5O5S2/c1-2-23-13-3-5-15-12(9-13)10-18(28)27(20(15)29)17-7-4-14(11-24-17)25-21(30)26-34(31,32)19-8-6-16(22)33-19/h3-11,23,29H,2H2,1H3,(H2,25,26,30). The van der Waals surface area contributed by atoms with Crippen LogP contribution >= 0.6 is 11.3 Å². The number of amides is 2. The van der Waals surface area contributed by atoms with Gasteiger partial charge in [-0.15, -0.1) is 0 Å². The Kier molecular flexibility index (Phi) is 6.22. The fourth-order valence-electron chi connectivity index (χ4n) is 3.21. The second kappa shape index (κ2) is 9.11. The molecule has 0 saturated heterocycles. The number of sulfonamides is 1. The second-order valence-corrected chi connectivity index (χ2v) is 9.94. The van der Waals surface area contributed by atoms with Crippen LogP contribution < -0.4 is 20.9 Å². The lowest BCUT2D eigenvalue weighted by atomic mass is 10.1. The lowest BCUT2D eigenvalue weighted by molar-refractivity contribution is 0.256. The van der Waals surface area contributed by atoms with Crippen molar-refractivity contribution in [3.05, 3.63) is 70.2 Å². The number of carbonyl (C=O) groups excluding carboxylic acids is 1. The van der Waals surface area contributed by atoms with E-state index >= 15 is 0 Å². The van der Waals surface area contributed by atoms with E-state index in [0.29, 0.717) is 28.7 Å². The predicted molar refractivity (Wildman–Crippen MR) is 127 cm³/mol. The van der Waals surface area contributed by atoms with Gasteiger partial charge in [0.25, 0.3) is 15.6 Å². The maximum Gasteiger partial charge on any atom is 0.333 e.